The van der Waals surface area contributed by atoms with Crippen LogP contribution in [0.3, 0.4) is 0 Å². The Labute approximate surface area is 193 Å². The maximum Gasteiger partial charge on any atom is 0.338 e. The maximum absolute atomic E-state index is 13.5. The van der Waals surface area contributed by atoms with Gasteiger partial charge in [-0.3, -0.25) is 9.36 Å². The SMILES string of the molecule is CCOc1ccccc1/C=c1\sc2n(c1=O)[C@@H](c1ccc(Cl)cc1)C(C(=O)OC)=C(C)N=2. The van der Waals surface area contributed by atoms with Crippen molar-refractivity contribution in [3.63, 3.8) is 0 Å². The van der Waals surface area contributed by atoms with E-state index in [-0.39, 0.29) is 5.56 Å². The first kappa shape index (κ1) is 22.0. The Balaban J connectivity index is 1.96. The Hall–Kier alpha value is -3.16. The number of methoxy groups -OCH3 is 1. The molecular weight excluding hydrogens is 448 g/mol. The predicted molar refractivity (Wildman–Crippen MR) is 125 cm³/mol. The highest BCUT2D eigenvalue weighted by Gasteiger charge is 2.33. The summed E-state index contributed by atoms with van der Waals surface area (Å²) in [4.78, 5) is 31.3. The lowest BCUT2D eigenvalue weighted by Crippen LogP contribution is -2.39. The van der Waals surface area contributed by atoms with Crippen LogP contribution in [-0.2, 0) is 9.53 Å². The second-order valence-electron chi connectivity index (χ2n) is 7.10. The highest BCUT2D eigenvalue weighted by atomic mass is 35.5. The fourth-order valence-electron chi connectivity index (χ4n) is 3.68. The second-order valence-corrected chi connectivity index (χ2v) is 8.54. The third-order valence-corrected chi connectivity index (χ3v) is 6.35. The zero-order valence-electron chi connectivity index (χ0n) is 17.8. The van der Waals surface area contributed by atoms with E-state index >= 15 is 0 Å². The van der Waals surface area contributed by atoms with Crippen LogP contribution in [0.15, 0.2) is 69.6 Å². The van der Waals surface area contributed by atoms with Gasteiger partial charge in [0.15, 0.2) is 4.80 Å². The molecule has 164 valence electrons. The lowest BCUT2D eigenvalue weighted by Gasteiger charge is -2.24. The van der Waals surface area contributed by atoms with Crippen molar-refractivity contribution in [1.29, 1.82) is 0 Å². The van der Waals surface area contributed by atoms with Crippen molar-refractivity contribution in [3.05, 3.63) is 95.6 Å². The fourth-order valence-corrected chi connectivity index (χ4v) is 4.84. The molecule has 1 aliphatic heterocycles. The van der Waals surface area contributed by atoms with Crippen molar-refractivity contribution in [2.75, 3.05) is 13.7 Å². The van der Waals surface area contributed by atoms with Gasteiger partial charge in [-0.2, -0.15) is 0 Å². The first-order valence-electron chi connectivity index (χ1n) is 10.0. The number of esters is 1. The van der Waals surface area contributed by atoms with Crippen LogP contribution < -0.4 is 19.6 Å². The number of aromatic nitrogens is 1. The van der Waals surface area contributed by atoms with Crippen LogP contribution in [0, 0.1) is 0 Å². The van der Waals surface area contributed by atoms with Crippen molar-refractivity contribution in [2.45, 2.75) is 19.9 Å². The molecule has 0 bridgehead atoms. The molecule has 0 radical (unpaired) electrons. The number of hydrogen-bond acceptors (Lipinski definition) is 6. The quantitative estimate of drug-likeness (QED) is 0.538. The summed E-state index contributed by atoms with van der Waals surface area (Å²) in [7, 11) is 1.32. The van der Waals surface area contributed by atoms with Gasteiger partial charge in [0.25, 0.3) is 5.56 Å². The third kappa shape index (κ3) is 4.01. The van der Waals surface area contributed by atoms with E-state index in [4.69, 9.17) is 21.1 Å². The number of halogens is 1. The van der Waals surface area contributed by atoms with Crippen molar-refractivity contribution in [1.82, 2.24) is 4.57 Å². The largest absolute Gasteiger partial charge is 0.493 e. The summed E-state index contributed by atoms with van der Waals surface area (Å²) in [5.74, 6) is 0.170. The minimum Gasteiger partial charge on any atom is -0.493 e. The molecule has 2 aromatic carbocycles. The number of thiazole rings is 1. The Bertz CT molecular complexity index is 1390. The van der Waals surface area contributed by atoms with Gasteiger partial charge in [-0.1, -0.05) is 53.3 Å². The van der Waals surface area contributed by atoms with Gasteiger partial charge in [-0.05, 0) is 43.7 Å². The zero-order valence-corrected chi connectivity index (χ0v) is 19.4. The monoisotopic (exact) mass is 468 g/mol. The molecule has 32 heavy (non-hydrogen) atoms. The molecule has 3 aromatic rings. The van der Waals surface area contributed by atoms with Crippen molar-refractivity contribution < 1.29 is 14.3 Å². The number of nitrogens with zero attached hydrogens (tertiary/aromatic N) is 2. The molecule has 4 rings (SSSR count). The van der Waals surface area contributed by atoms with E-state index in [0.717, 1.165) is 11.1 Å². The molecule has 0 spiro atoms. The Morgan fingerprint density at radius 1 is 1.22 bits per heavy atom. The van der Waals surface area contributed by atoms with E-state index in [1.54, 1.807) is 41.8 Å². The molecule has 0 saturated heterocycles. The molecule has 0 saturated carbocycles. The predicted octanol–water partition coefficient (Wildman–Crippen LogP) is 3.46. The van der Waals surface area contributed by atoms with Crippen LogP contribution in [0.2, 0.25) is 5.02 Å². The van der Waals surface area contributed by atoms with Crippen molar-refractivity contribution in [2.24, 2.45) is 4.99 Å². The van der Waals surface area contributed by atoms with Crippen LogP contribution in [0.1, 0.15) is 31.0 Å². The molecule has 6 nitrogen and oxygen atoms in total. The molecule has 0 fully saturated rings. The van der Waals surface area contributed by atoms with Gasteiger partial charge in [0.05, 0.1) is 35.6 Å². The number of hydrogen-bond donors (Lipinski definition) is 0. The molecule has 0 unspecified atom stereocenters. The van der Waals surface area contributed by atoms with E-state index < -0.39 is 12.0 Å². The molecule has 0 amide bonds. The lowest BCUT2D eigenvalue weighted by atomic mass is 9.96. The summed E-state index contributed by atoms with van der Waals surface area (Å²) in [5, 5.41) is 0.564. The number of rotatable bonds is 5. The van der Waals surface area contributed by atoms with Gasteiger partial charge in [0.1, 0.15) is 5.75 Å². The number of fused-ring (bicyclic) bond motifs is 1. The lowest BCUT2D eigenvalue weighted by molar-refractivity contribution is -0.136. The number of allylic oxidation sites excluding steroid dienone is 1. The van der Waals surface area contributed by atoms with Crippen molar-refractivity contribution >= 4 is 35.0 Å². The van der Waals surface area contributed by atoms with Gasteiger partial charge < -0.3 is 9.47 Å². The van der Waals surface area contributed by atoms with E-state index in [9.17, 15) is 9.59 Å². The van der Waals surface area contributed by atoms with Crippen molar-refractivity contribution in [3.8, 4) is 5.75 Å². The van der Waals surface area contributed by atoms with Gasteiger partial charge >= 0.3 is 5.97 Å². The summed E-state index contributed by atoms with van der Waals surface area (Å²) >= 11 is 7.34. The van der Waals surface area contributed by atoms with E-state index in [1.165, 1.54) is 18.4 Å². The Kier molecular flexibility index (Phi) is 6.30. The minimum absolute atomic E-state index is 0.242. The molecule has 0 N–H and O–H groups in total. The standard InChI is InChI=1S/C24H21ClN2O4S/c1-4-31-18-8-6-5-7-16(18)13-19-22(28)27-21(15-9-11-17(25)12-10-15)20(23(29)30-3)14(2)26-24(27)32-19/h5-13,21H,4H2,1-3H3/b19-13-/t21-/m0/s1. The summed E-state index contributed by atoms with van der Waals surface area (Å²) in [6.07, 6.45) is 1.80. The zero-order chi connectivity index (χ0) is 22.8. The molecule has 1 aromatic heterocycles. The normalized spacial score (nSPS) is 15.9. The summed E-state index contributed by atoms with van der Waals surface area (Å²) in [6.45, 7) is 4.18. The average Bonchev–Trinajstić information content (AvgIpc) is 3.09. The fraction of sp³-hybridized carbons (Fsp3) is 0.208. The highest BCUT2D eigenvalue weighted by Crippen LogP contribution is 2.31. The first-order valence-corrected chi connectivity index (χ1v) is 11.2. The van der Waals surface area contributed by atoms with Crippen LogP contribution in [0.25, 0.3) is 6.08 Å². The first-order chi connectivity index (χ1) is 15.4. The number of carbonyl (C=O) groups is 1. The van der Waals surface area contributed by atoms with Crippen LogP contribution in [-0.4, -0.2) is 24.3 Å². The van der Waals surface area contributed by atoms with Crippen LogP contribution in [0.4, 0.5) is 0 Å². The van der Waals surface area contributed by atoms with Crippen LogP contribution in [0.5, 0.6) is 5.75 Å². The topological polar surface area (TPSA) is 69.9 Å². The van der Waals surface area contributed by atoms with Crippen LogP contribution >= 0.6 is 22.9 Å². The number of ether oxygens (including phenoxy) is 2. The molecule has 0 aliphatic carbocycles. The number of para-hydroxylation sites is 1. The smallest absolute Gasteiger partial charge is 0.338 e. The van der Waals surface area contributed by atoms with Gasteiger partial charge in [-0.25, -0.2) is 9.79 Å². The van der Waals surface area contributed by atoms with Gasteiger partial charge in [-0.15, -0.1) is 0 Å². The minimum atomic E-state index is -0.666. The number of carbonyl (C=O) groups excluding carboxylic acids is 1. The van der Waals surface area contributed by atoms with E-state index in [1.807, 2.05) is 31.2 Å². The molecule has 8 heteroatoms. The Morgan fingerprint density at radius 3 is 2.62 bits per heavy atom. The molecule has 1 aliphatic rings. The Morgan fingerprint density at radius 2 is 1.94 bits per heavy atom. The second kappa shape index (κ2) is 9.14. The number of benzene rings is 2. The highest BCUT2D eigenvalue weighted by molar-refractivity contribution is 7.07. The summed E-state index contributed by atoms with van der Waals surface area (Å²) in [5.41, 5.74) is 2.13. The third-order valence-electron chi connectivity index (χ3n) is 5.12. The van der Waals surface area contributed by atoms with Gasteiger partial charge in [0.2, 0.25) is 0 Å². The maximum atomic E-state index is 13.5. The molecule has 2 heterocycles. The van der Waals surface area contributed by atoms with E-state index in [0.29, 0.717) is 38.0 Å². The van der Waals surface area contributed by atoms with E-state index in [2.05, 4.69) is 4.99 Å². The summed E-state index contributed by atoms with van der Waals surface area (Å²) < 4.78 is 12.7. The van der Waals surface area contributed by atoms with Gasteiger partial charge in [0, 0.05) is 10.6 Å². The summed E-state index contributed by atoms with van der Waals surface area (Å²) in [6, 6.07) is 13.9. The average molecular weight is 469 g/mol. The molecular formula is C24H21ClN2O4S. The molecule has 1 atom stereocenters.